The molecule has 88 valence electrons. The lowest BCUT2D eigenvalue weighted by molar-refractivity contribution is -0.138. The van der Waals surface area contributed by atoms with Gasteiger partial charge in [0.2, 0.25) is 0 Å². The second kappa shape index (κ2) is 4.25. The van der Waals surface area contributed by atoms with Crippen molar-refractivity contribution >= 4 is 5.97 Å². The van der Waals surface area contributed by atoms with Crippen LogP contribution in [0, 0.1) is 0 Å². The van der Waals surface area contributed by atoms with Crippen LogP contribution < -0.4 is 0 Å². The first-order valence-electron chi connectivity index (χ1n) is 5.03. The van der Waals surface area contributed by atoms with E-state index in [-0.39, 0.29) is 5.75 Å². The average molecular weight is 233 g/mol. The molecule has 0 bridgehead atoms. The molecule has 0 amide bonds. The molecular formula is C11H11N3O3. The van der Waals surface area contributed by atoms with Crippen molar-refractivity contribution in [3.63, 3.8) is 0 Å². The predicted molar refractivity (Wildman–Crippen MR) is 59.1 cm³/mol. The molecule has 17 heavy (non-hydrogen) atoms. The highest BCUT2D eigenvalue weighted by Crippen LogP contribution is 2.24. The van der Waals surface area contributed by atoms with Gasteiger partial charge in [0.05, 0.1) is 17.8 Å². The van der Waals surface area contributed by atoms with E-state index in [0.717, 1.165) is 0 Å². The van der Waals surface area contributed by atoms with Crippen molar-refractivity contribution in [3.8, 4) is 11.4 Å². The second-order valence-corrected chi connectivity index (χ2v) is 3.62. The average Bonchev–Trinajstić information content (AvgIpc) is 2.77. The lowest BCUT2D eigenvalue weighted by Crippen LogP contribution is -2.13. The Kier molecular flexibility index (Phi) is 2.78. The van der Waals surface area contributed by atoms with Crippen LogP contribution in [0.15, 0.2) is 30.5 Å². The van der Waals surface area contributed by atoms with Crippen molar-refractivity contribution in [2.75, 3.05) is 0 Å². The molecule has 2 rings (SSSR count). The normalized spacial score (nSPS) is 12.3. The molecule has 0 saturated heterocycles. The molecule has 0 spiro atoms. The molecule has 0 fully saturated rings. The third-order valence-corrected chi connectivity index (χ3v) is 2.50. The predicted octanol–water partition coefficient (Wildman–Crippen LogP) is 1.16. The summed E-state index contributed by atoms with van der Waals surface area (Å²) in [4.78, 5) is 10.9. The van der Waals surface area contributed by atoms with Crippen molar-refractivity contribution in [2.45, 2.75) is 12.8 Å². The molecule has 0 aliphatic carbocycles. The van der Waals surface area contributed by atoms with Gasteiger partial charge in [0.15, 0.2) is 0 Å². The highest BCUT2D eigenvalue weighted by atomic mass is 16.4. The maximum absolute atomic E-state index is 10.9. The van der Waals surface area contributed by atoms with Gasteiger partial charge in [-0.05, 0) is 19.1 Å². The molecule has 0 saturated carbocycles. The van der Waals surface area contributed by atoms with Crippen molar-refractivity contribution in [1.82, 2.24) is 15.0 Å². The van der Waals surface area contributed by atoms with Crippen molar-refractivity contribution in [3.05, 3.63) is 36.2 Å². The Hall–Kier alpha value is -2.37. The summed E-state index contributed by atoms with van der Waals surface area (Å²) in [5.41, 5.74) is 0.826. The minimum Gasteiger partial charge on any atom is -0.506 e. The quantitative estimate of drug-likeness (QED) is 0.830. The van der Waals surface area contributed by atoms with Gasteiger partial charge in [0.1, 0.15) is 11.4 Å². The minimum atomic E-state index is -0.969. The molecule has 1 aromatic carbocycles. The van der Waals surface area contributed by atoms with E-state index in [1.165, 1.54) is 23.9 Å². The summed E-state index contributed by atoms with van der Waals surface area (Å²) in [5, 5.41) is 26.1. The highest BCUT2D eigenvalue weighted by Gasteiger charge is 2.20. The lowest BCUT2D eigenvalue weighted by atomic mass is 10.1. The van der Waals surface area contributed by atoms with E-state index in [4.69, 9.17) is 5.11 Å². The number of carboxylic acid groups (broad SMARTS) is 1. The number of hydrogen-bond donors (Lipinski definition) is 2. The zero-order valence-corrected chi connectivity index (χ0v) is 9.11. The first-order valence-corrected chi connectivity index (χ1v) is 5.03. The first-order chi connectivity index (χ1) is 8.11. The number of rotatable bonds is 3. The van der Waals surface area contributed by atoms with Gasteiger partial charge in [-0.2, -0.15) is 0 Å². The third-order valence-electron chi connectivity index (χ3n) is 2.50. The Morgan fingerprint density at radius 3 is 2.76 bits per heavy atom. The van der Waals surface area contributed by atoms with Crippen LogP contribution >= 0.6 is 0 Å². The van der Waals surface area contributed by atoms with Crippen LogP contribution in [0.3, 0.4) is 0 Å². The molecule has 2 N–H and O–H groups in total. The number of nitrogens with zero attached hydrogens (tertiary/aromatic N) is 3. The van der Waals surface area contributed by atoms with E-state index in [9.17, 15) is 9.90 Å². The number of aromatic nitrogens is 3. The first kappa shape index (κ1) is 11.1. The number of carbonyl (C=O) groups is 1. The Morgan fingerprint density at radius 2 is 2.12 bits per heavy atom. The molecular weight excluding hydrogens is 222 g/mol. The maximum Gasteiger partial charge on any atom is 0.312 e. The fraction of sp³-hybridized carbons (Fsp3) is 0.182. The van der Waals surface area contributed by atoms with Gasteiger partial charge < -0.3 is 10.2 Å². The second-order valence-electron chi connectivity index (χ2n) is 3.62. The van der Waals surface area contributed by atoms with Crippen LogP contribution in [0.1, 0.15) is 18.5 Å². The van der Waals surface area contributed by atoms with E-state index >= 15 is 0 Å². The zero-order valence-electron chi connectivity index (χ0n) is 9.11. The maximum atomic E-state index is 10.9. The van der Waals surface area contributed by atoms with Gasteiger partial charge >= 0.3 is 5.97 Å². The number of hydrogen-bond acceptors (Lipinski definition) is 4. The summed E-state index contributed by atoms with van der Waals surface area (Å²) < 4.78 is 1.33. The third kappa shape index (κ3) is 1.96. The smallest absolute Gasteiger partial charge is 0.312 e. The zero-order chi connectivity index (χ0) is 12.4. The van der Waals surface area contributed by atoms with Crippen LogP contribution in [-0.2, 0) is 4.79 Å². The molecule has 6 nitrogen and oxygen atoms in total. The molecule has 0 aliphatic rings. The monoisotopic (exact) mass is 233 g/mol. The molecule has 1 unspecified atom stereocenters. The summed E-state index contributed by atoms with van der Waals surface area (Å²) in [7, 11) is 0. The number of benzene rings is 1. The van der Waals surface area contributed by atoms with Crippen LogP contribution in [-0.4, -0.2) is 31.2 Å². The number of phenolic OH excluding ortho intramolecular Hbond substituents is 1. The van der Waals surface area contributed by atoms with E-state index in [2.05, 4.69) is 10.3 Å². The summed E-state index contributed by atoms with van der Waals surface area (Å²) in [6, 6.07) is 6.55. The van der Waals surface area contributed by atoms with E-state index < -0.39 is 11.9 Å². The number of carboxylic acids is 1. The van der Waals surface area contributed by atoms with Gasteiger partial charge in [-0.1, -0.05) is 17.3 Å². The van der Waals surface area contributed by atoms with Crippen LogP contribution in [0.5, 0.6) is 5.75 Å². The lowest BCUT2D eigenvalue weighted by Gasteiger charge is -2.10. The summed E-state index contributed by atoms with van der Waals surface area (Å²) >= 11 is 0. The van der Waals surface area contributed by atoms with E-state index in [0.29, 0.717) is 11.4 Å². The number of para-hydroxylation sites is 2. The highest BCUT2D eigenvalue weighted by molar-refractivity contribution is 5.75. The number of aliphatic carboxylic acids is 1. The van der Waals surface area contributed by atoms with E-state index in [1.807, 2.05) is 0 Å². The largest absolute Gasteiger partial charge is 0.506 e. The number of phenols is 1. The van der Waals surface area contributed by atoms with Gasteiger partial charge in [0, 0.05) is 0 Å². The van der Waals surface area contributed by atoms with Crippen LogP contribution in [0.2, 0.25) is 0 Å². The molecule has 6 heteroatoms. The fourth-order valence-electron chi connectivity index (χ4n) is 1.50. The molecule has 0 radical (unpaired) electrons. The Bertz CT molecular complexity index is 550. The van der Waals surface area contributed by atoms with Gasteiger partial charge in [-0.25, -0.2) is 4.68 Å². The standard InChI is InChI=1S/C11H11N3O3/c1-7(11(16)17)9-6-12-13-14(9)8-4-2-3-5-10(8)15/h2-7,15H,1H3,(H,16,17). The van der Waals surface area contributed by atoms with Gasteiger partial charge in [0.25, 0.3) is 0 Å². The molecule has 1 aromatic heterocycles. The molecule has 0 aliphatic heterocycles. The topological polar surface area (TPSA) is 88.2 Å². The van der Waals surface area contributed by atoms with Crippen LogP contribution in [0.25, 0.3) is 5.69 Å². The van der Waals surface area contributed by atoms with Crippen molar-refractivity contribution < 1.29 is 15.0 Å². The van der Waals surface area contributed by atoms with Gasteiger partial charge in [-0.3, -0.25) is 4.79 Å². The molecule has 1 atom stereocenters. The van der Waals surface area contributed by atoms with Crippen molar-refractivity contribution in [2.24, 2.45) is 0 Å². The summed E-state index contributed by atoms with van der Waals surface area (Å²) in [6.45, 7) is 1.54. The molecule has 1 heterocycles. The molecule has 2 aromatic rings. The van der Waals surface area contributed by atoms with Gasteiger partial charge in [-0.15, -0.1) is 5.10 Å². The Balaban J connectivity index is 2.51. The Labute approximate surface area is 97.1 Å². The SMILES string of the molecule is CC(C(=O)O)c1cnnn1-c1ccccc1O. The summed E-state index contributed by atoms with van der Waals surface area (Å²) in [6.07, 6.45) is 1.38. The van der Waals surface area contributed by atoms with Crippen LogP contribution in [0.4, 0.5) is 0 Å². The minimum absolute atomic E-state index is 0.0249. The van der Waals surface area contributed by atoms with Crippen molar-refractivity contribution in [1.29, 1.82) is 0 Å². The Morgan fingerprint density at radius 1 is 1.41 bits per heavy atom. The fourth-order valence-corrected chi connectivity index (χ4v) is 1.50. The number of aromatic hydroxyl groups is 1. The van der Waals surface area contributed by atoms with E-state index in [1.54, 1.807) is 18.2 Å². The summed E-state index contributed by atoms with van der Waals surface area (Å²) in [5.74, 6) is -1.69.